The second kappa shape index (κ2) is 8.12. The van der Waals surface area contributed by atoms with Gasteiger partial charge in [0, 0.05) is 19.3 Å². The van der Waals surface area contributed by atoms with Gasteiger partial charge in [-0.25, -0.2) is 0 Å². The maximum Gasteiger partial charge on any atom is 0.320 e. The number of carbonyl (C=O) groups is 2. The lowest BCUT2D eigenvalue weighted by Gasteiger charge is -2.23. The van der Waals surface area contributed by atoms with Crippen molar-refractivity contribution in [2.75, 3.05) is 19.8 Å². The molecule has 1 unspecified atom stereocenters. The number of carboxylic acids is 1. The van der Waals surface area contributed by atoms with Crippen LogP contribution >= 0.6 is 0 Å². The van der Waals surface area contributed by atoms with Gasteiger partial charge in [0.1, 0.15) is 6.04 Å². The molecule has 0 spiro atoms. The van der Waals surface area contributed by atoms with E-state index in [1.165, 1.54) is 0 Å². The highest BCUT2D eigenvalue weighted by molar-refractivity contribution is 5.80. The Morgan fingerprint density at radius 1 is 1.32 bits per heavy atom. The minimum atomic E-state index is -0.910. The van der Waals surface area contributed by atoms with E-state index >= 15 is 0 Å². The Kier molecular flexibility index (Phi) is 6.80. The smallest absolute Gasteiger partial charge is 0.320 e. The second-order valence-electron chi connectivity index (χ2n) is 5.36. The van der Waals surface area contributed by atoms with E-state index in [1.54, 1.807) is 0 Å². The fourth-order valence-electron chi connectivity index (χ4n) is 2.08. The molecule has 0 radical (unpaired) electrons. The number of nitrogens with one attached hydrogen (secondary N) is 2. The molecule has 6 heteroatoms. The average molecular weight is 272 g/mol. The summed E-state index contributed by atoms with van der Waals surface area (Å²) in [5.74, 6) is -0.790. The zero-order valence-corrected chi connectivity index (χ0v) is 11.6. The summed E-state index contributed by atoms with van der Waals surface area (Å²) in [7, 11) is 0. The zero-order valence-electron chi connectivity index (χ0n) is 11.6. The van der Waals surface area contributed by atoms with Crippen LogP contribution in [0.1, 0.15) is 33.1 Å². The molecule has 1 amide bonds. The fourth-order valence-corrected chi connectivity index (χ4v) is 2.08. The molecule has 110 valence electrons. The molecule has 1 heterocycles. The predicted octanol–water partition coefficient (Wildman–Crippen LogP) is 0.371. The number of aliphatic carboxylic acids is 1. The first-order valence-electron chi connectivity index (χ1n) is 6.82. The van der Waals surface area contributed by atoms with Crippen LogP contribution in [0.25, 0.3) is 0 Å². The van der Waals surface area contributed by atoms with Gasteiger partial charge in [0.25, 0.3) is 0 Å². The predicted molar refractivity (Wildman–Crippen MR) is 70.9 cm³/mol. The van der Waals surface area contributed by atoms with Gasteiger partial charge in [0.15, 0.2) is 0 Å². The van der Waals surface area contributed by atoms with E-state index in [0.717, 1.165) is 12.8 Å². The quantitative estimate of drug-likeness (QED) is 0.623. The third-order valence-electron chi connectivity index (χ3n) is 3.10. The summed E-state index contributed by atoms with van der Waals surface area (Å²) in [4.78, 5) is 22.7. The molecule has 0 saturated carbocycles. The molecule has 0 aromatic rings. The SMILES string of the molecule is CC(C)CC(NCC(=O)NC1CCOCC1)C(=O)O. The minimum Gasteiger partial charge on any atom is -0.480 e. The topological polar surface area (TPSA) is 87.7 Å². The molecule has 6 nitrogen and oxygen atoms in total. The Bertz CT molecular complexity index is 301. The first-order chi connectivity index (χ1) is 8.99. The number of rotatable bonds is 7. The normalized spacial score (nSPS) is 18.3. The summed E-state index contributed by atoms with van der Waals surface area (Å²) in [5.41, 5.74) is 0. The first kappa shape index (κ1) is 15.9. The highest BCUT2D eigenvalue weighted by atomic mass is 16.5. The van der Waals surface area contributed by atoms with Gasteiger partial charge in [-0.15, -0.1) is 0 Å². The van der Waals surface area contributed by atoms with Crippen molar-refractivity contribution in [2.24, 2.45) is 5.92 Å². The maximum atomic E-state index is 11.7. The molecule has 1 rings (SSSR count). The molecule has 1 atom stereocenters. The Morgan fingerprint density at radius 2 is 1.95 bits per heavy atom. The molecule has 0 bridgehead atoms. The molecule has 1 aliphatic rings. The Hall–Kier alpha value is -1.14. The van der Waals surface area contributed by atoms with Gasteiger partial charge in [0.05, 0.1) is 6.54 Å². The summed E-state index contributed by atoms with van der Waals surface area (Å²) >= 11 is 0. The fraction of sp³-hybridized carbons (Fsp3) is 0.846. The minimum absolute atomic E-state index is 0.0427. The van der Waals surface area contributed by atoms with Crippen LogP contribution in [-0.4, -0.2) is 48.8 Å². The van der Waals surface area contributed by atoms with Crippen LogP contribution in [0.4, 0.5) is 0 Å². The molecule has 0 aromatic carbocycles. The summed E-state index contributed by atoms with van der Waals surface area (Å²) in [6, 6.07) is -0.517. The van der Waals surface area contributed by atoms with Crippen LogP contribution in [0.2, 0.25) is 0 Å². The average Bonchev–Trinajstić information content (AvgIpc) is 2.35. The van der Waals surface area contributed by atoms with Gasteiger partial charge in [-0.2, -0.15) is 0 Å². The first-order valence-corrected chi connectivity index (χ1v) is 6.82. The van der Waals surface area contributed by atoms with E-state index in [-0.39, 0.29) is 24.4 Å². The molecule has 19 heavy (non-hydrogen) atoms. The van der Waals surface area contributed by atoms with Crippen molar-refractivity contribution in [3.63, 3.8) is 0 Å². The summed E-state index contributed by atoms with van der Waals surface area (Å²) in [5, 5.41) is 14.7. The number of carbonyl (C=O) groups excluding carboxylic acids is 1. The largest absolute Gasteiger partial charge is 0.480 e. The molecule has 1 saturated heterocycles. The number of carboxylic acid groups (broad SMARTS) is 1. The number of amides is 1. The standard InChI is InChI=1S/C13H24N2O4/c1-9(2)7-11(13(17)18)14-8-12(16)15-10-3-5-19-6-4-10/h9-11,14H,3-8H2,1-2H3,(H,15,16)(H,17,18). The lowest BCUT2D eigenvalue weighted by Crippen LogP contribution is -2.47. The van der Waals surface area contributed by atoms with Gasteiger partial charge < -0.3 is 15.2 Å². The highest BCUT2D eigenvalue weighted by Crippen LogP contribution is 2.06. The number of hydrogen-bond acceptors (Lipinski definition) is 4. The lowest BCUT2D eigenvalue weighted by atomic mass is 10.0. The zero-order chi connectivity index (χ0) is 14.3. The van der Waals surface area contributed by atoms with Crippen molar-refractivity contribution in [1.29, 1.82) is 0 Å². The van der Waals surface area contributed by atoms with E-state index in [4.69, 9.17) is 9.84 Å². The molecule has 1 aliphatic heterocycles. The van der Waals surface area contributed by atoms with Crippen LogP contribution < -0.4 is 10.6 Å². The maximum absolute atomic E-state index is 11.7. The number of ether oxygens (including phenoxy) is 1. The van der Waals surface area contributed by atoms with E-state index in [9.17, 15) is 9.59 Å². The van der Waals surface area contributed by atoms with Crippen molar-refractivity contribution >= 4 is 11.9 Å². The second-order valence-corrected chi connectivity index (χ2v) is 5.36. The third-order valence-corrected chi connectivity index (χ3v) is 3.10. The van der Waals surface area contributed by atoms with Crippen molar-refractivity contribution in [1.82, 2.24) is 10.6 Å². The van der Waals surface area contributed by atoms with Gasteiger partial charge >= 0.3 is 5.97 Å². The molecular weight excluding hydrogens is 248 g/mol. The monoisotopic (exact) mass is 272 g/mol. The molecular formula is C13H24N2O4. The van der Waals surface area contributed by atoms with Gasteiger partial charge in [0.2, 0.25) is 5.91 Å². The third kappa shape index (κ3) is 6.54. The summed E-state index contributed by atoms with van der Waals surface area (Å²) in [6.45, 7) is 5.30. The molecule has 0 aromatic heterocycles. The van der Waals surface area contributed by atoms with Crippen LogP contribution in [0.5, 0.6) is 0 Å². The van der Waals surface area contributed by atoms with E-state index in [2.05, 4.69) is 10.6 Å². The van der Waals surface area contributed by atoms with Gasteiger partial charge in [-0.1, -0.05) is 13.8 Å². The number of hydrogen-bond donors (Lipinski definition) is 3. The van der Waals surface area contributed by atoms with Crippen molar-refractivity contribution < 1.29 is 19.4 Å². The molecule has 1 fully saturated rings. The van der Waals surface area contributed by atoms with E-state index < -0.39 is 12.0 Å². The highest BCUT2D eigenvalue weighted by Gasteiger charge is 2.20. The van der Waals surface area contributed by atoms with Crippen LogP contribution in [0, 0.1) is 5.92 Å². The van der Waals surface area contributed by atoms with E-state index in [1.807, 2.05) is 13.8 Å². The lowest BCUT2D eigenvalue weighted by molar-refractivity contribution is -0.140. The Labute approximate surface area is 113 Å². The summed E-state index contributed by atoms with van der Waals surface area (Å²) in [6.07, 6.45) is 2.15. The summed E-state index contributed by atoms with van der Waals surface area (Å²) < 4.78 is 5.21. The van der Waals surface area contributed by atoms with Crippen LogP contribution in [-0.2, 0) is 14.3 Å². The molecule has 3 N–H and O–H groups in total. The van der Waals surface area contributed by atoms with Crippen LogP contribution in [0.3, 0.4) is 0 Å². The Balaban J connectivity index is 2.28. The van der Waals surface area contributed by atoms with Crippen molar-refractivity contribution in [3.8, 4) is 0 Å². The van der Waals surface area contributed by atoms with Crippen molar-refractivity contribution in [3.05, 3.63) is 0 Å². The Morgan fingerprint density at radius 3 is 2.47 bits per heavy atom. The van der Waals surface area contributed by atoms with Gasteiger partial charge in [-0.05, 0) is 25.2 Å². The van der Waals surface area contributed by atoms with Crippen LogP contribution in [0.15, 0.2) is 0 Å². The van der Waals surface area contributed by atoms with E-state index in [0.29, 0.717) is 19.6 Å². The van der Waals surface area contributed by atoms with Crippen molar-refractivity contribution in [2.45, 2.75) is 45.2 Å². The van der Waals surface area contributed by atoms with Gasteiger partial charge in [-0.3, -0.25) is 14.9 Å². The molecule has 0 aliphatic carbocycles.